The van der Waals surface area contributed by atoms with Crippen molar-refractivity contribution in [3.05, 3.63) is 88.4 Å². The van der Waals surface area contributed by atoms with Gasteiger partial charge in [0, 0.05) is 24.3 Å². The van der Waals surface area contributed by atoms with Gasteiger partial charge in [-0.2, -0.15) is 5.26 Å². The highest BCUT2D eigenvalue weighted by Gasteiger charge is 2.27. The molecule has 43 heavy (non-hydrogen) atoms. The first-order chi connectivity index (χ1) is 21.0. The number of piperidine rings is 1. The number of carboxylic acid groups (broad SMARTS) is 1. The number of carboxylic acids is 1. The SMILES string of the molecule is N#Cc1ccc2c(c1)CCC[C@H]2Oc1cccc(C2CCN(Cc3nc4ccc(C(=O)O)cc4n3C[C@@H]3CCO3)CC2)n1. The topological polar surface area (TPSA) is 114 Å². The third-order valence-electron chi connectivity index (χ3n) is 9.16. The number of rotatable bonds is 8. The molecule has 2 fully saturated rings. The van der Waals surface area contributed by atoms with E-state index in [0.717, 1.165) is 80.8 Å². The molecule has 1 N–H and O–H groups in total. The maximum absolute atomic E-state index is 11.6. The molecule has 0 saturated carbocycles. The molecule has 2 aromatic carbocycles. The third kappa shape index (κ3) is 5.73. The summed E-state index contributed by atoms with van der Waals surface area (Å²) in [5.41, 5.74) is 6.09. The van der Waals surface area contributed by atoms with Gasteiger partial charge in [0.1, 0.15) is 11.9 Å². The van der Waals surface area contributed by atoms with Crippen LogP contribution in [0.2, 0.25) is 0 Å². The lowest BCUT2D eigenvalue weighted by Crippen LogP contribution is -2.35. The lowest BCUT2D eigenvalue weighted by atomic mass is 9.88. The predicted molar refractivity (Wildman–Crippen MR) is 160 cm³/mol. The Kier molecular flexibility index (Phi) is 7.56. The van der Waals surface area contributed by atoms with Crippen molar-refractivity contribution in [1.82, 2.24) is 19.4 Å². The fourth-order valence-corrected chi connectivity index (χ4v) is 6.68. The van der Waals surface area contributed by atoms with Crippen molar-refractivity contribution in [1.29, 1.82) is 5.26 Å². The lowest BCUT2D eigenvalue weighted by molar-refractivity contribution is -0.0592. The van der Waals surface area contributed by atoms with Gasteiger partial charge in [-0.3, -0.25) is 4.90 Å². The first-order valence-electron chi connectivity index (χ1n) is 15.3. The van der Waals surface area contributed by atoms with E-state index >= 15 is 0 Å². The van der Waals surface area contributed by atoms with Gasteiger partial charge >= 0.3 is 5.97 Å². The van der Waals surface area contributed by atoms with Crippen molar-refractivity contribution in [2.24, 2.45) is 0 Å². The van der Waals surface area contributed by atoms with Crippen molar-refractivity contribution in [3.63, 3.8) is 0 Å². The molecule has 0 unspecified atom stereocenters. The van der Waals surface area contributed by atoms with E-state index in [4.69, 9.17) is 19.4 Å². The minimum absolute atomic E-state index is 0.0442. The standard InChI is InChI=1S/C34H35N5O4/c35-19-22-7-9-27-24(17-22)3-1-5-31(27)43-33-6-2-4-28(37-33)23-11-14-38(15-12-23)21-32-36-29-10-8-25(34(40)41)18-30(29)39(32)20-26-13-16-42-26/h2,4,6-10,17-18,23,26,31H,1,3,5,11-16,20-21H2,(H,40,41)/t26-,31+/m0/s1. The Balaban J connectivity index is 1.02. The molecule has 0 amide bonds. The predicted octanol–water partition coefficient (Wildman–Crippen LogP) is 5.63. The summed E-state index contributed by atoms with van der Waals surface area (Å²) >= 11 is 0. The summed E-state index contributed by atoms with van der Waals surface area (Å²) in [5, 5.41) is 18.8. The fourth-order valence-electron chi connectivity index (χ4n) is 6.68. The molecular formula is C34H35N5O4. The Hall–Kier alpha value is -4.26. The number of pyridine rings is 1. The molecule has 9 nitrogen and oxygen atoms in total. The average molecular weight is 578 g/mol. The van der Waals surface area contributed by atoms with E-state index in [0.29, 0.717) is 30.5 Å². The second-order valence-electron chi connectivity index (χ2n) is 11.9. The van der Waals surface area contributed by atoms with Crippen molar-refractivity contribution in [3.8, 4) is 11.9 Å². The van der Waals surface area contributed by atoms with E-state index in [1.54, 1.807) is 12.1 Å². The molecule has 4 heterocycles. The number of aromatic nitrogens is 3. The number of aryl methyl sites for hydroxylation is 1. The molecular weight excluding hydrogens is 542 g/mol. The Morgan fingerprint density at radius 1 is 1.07 bits per heavy atom. The Bertz CT molecular complexity index is 1700. The maximum Gasteiger partial charge on any atom is 0.335 e. The summed E-state index contributed by atoms with van der Waals surface area (Å²) in [5.74, 6) is 1.04. The molecule has 2 aliphatic heterocycles. The van der Waals surface area contributed by atoms with Crippen LogP contribution < -0.4 is 4.74 Å². The van der Waals surface area contributed by atoms with Crippen molar-refractivity contribution in [2.75, 3.05) is 19.7 Å². The van der Waals surface area contributed by atoms with Crippen LogP contribution in [0.1, 0.15) is 82.7 Å². The maximum atomic E-state index is 11.6. The van der Waals surface area contributed by atoms with Crippen LogP contribution in [-0.4, -0.2) is 56.3 Å². The van der Waals surface area contributed by atoms with Gasteiger partial charge in [0.05, 0.1) is 47.4 Å². The first kappa shape index (κ1) is 27.6. The summed E-state index contributed by atoms with van der Waals surface area (Å²) in [6.07, 6.45) is 6.05. The number of nitrogens with zero attached hydrogens (tertiary/aromatic N) is 5. The van der Waals surface area contributed by atoms with Gasteiger partial charge in [-0.15, -0.1) is 0 Å². The number of likely N-dealkylation sites (tertiary alicyclic amines) is 1. The number of carbonyl (C=O) groups is 1. The Labute approximate surface area is 250 Å². The summed E-state index contributed by atoms with van der Waals surface area (Å²) < 4.78 is 14.3. The average Bonchev–Trinajstić information content (AvgIpc) is 3.35. The number of benzene rings is 2. The molecule has 7 rings (SSSR count). The van der Waals surface area contributed by atoms with Gasteiger partial charge < -0.3 is 19.1 Å². The van der Waals surface area contributed by atoms with E-state index in [9.17, 15) is 15.2 Å². The van der Waals surface area contributed by atoms with Crippen LogP contribution in [0.5, 0.6) is 5.88 Å². The van der Waals surface area contributed by atoms with Crippen LogP contribution in [0.3, 0.4) is 0 Å². The van der Waals surface area contributed by atoms with Gasteiger partial charge in [-0.25, -0.2) is 14.8 Å². The van der Waals surface area contributed by atoms with Gasteiger partial charge in [0.2, 0.25) is 5.88 Å². The summed E-state index contributed by atoms with van der Waals surface area (Å²) in [4.78, 5) is 23.9. The summed E-state index contributed by atoms with van der Waals surface area (Å²) in [7, 11) is 0. The quantitative estimate of drug-likeness (QED) is 0.287. The highest BCUT2D eigenvalue weighted by atomic mass is 16.5. The molecule has 2 atom stereocenters. The highest BCUT2D eigenvalue weighted by molar-refractivity contribution is 5.92. The van der Waals surface area contributed by atoms with Crippen LogP contribution in [0.4, 0.5) is 0 Å². The highest BCUT2D eigenvalue weighted by Crippen LogP contribution is 2.35. The van der Waals surface area contributed by atoms with Gasteiger partial charge in [-0.1, -0.05) is 12.1 Å². The lowest BCUT2D eigenvalue weighted by Gasteiger charge is -2.32. The van der Waals surface area contributed by atoms with E-state index in [1.165, 1.54) is 11.1 Å². The number of hydrogen-bond donors (Lipinski definition) is 1. The fraction of sp³-hybridized carbons (Fsp3) is 0.412. The molecule has 0 radical (unpaired) electrons. The van der Waals surface area contributed by atoms with Crippen LogP contribution in [0, 0.1) is 11.3 Å². The third-order valence-corrected chi connectivity index (χ3v) is 9.16. The van der Waals surface area contributed by atoms with Crippen molar-refractivity contribution < 1.29 is 19.4 Å². The van der Waals surface area contributed by atoms with Gasteiger partial charge in [0.25, 0.3) is 0 Å². The van der Waals surface area contributed by atoms with Gasteiger partial charge in [0.15, 0.2) is 0 Å². The zero-order valence-corrected chi connectivity index (χ0v) is 24.1. The largest absolute Gasteiger partial charge is 0.478 e. The first-order valence-corrected chi connectivity index (χ1v) is 15.3. The minimum Gasteiger partial charge on any atom is -0.478 e. The number of hydrogen-bond acceptors (Lipinski definition) is 7. The van der Waals surface area contributed by atoms with E-state index < -0.39 is 5.97 Å². The molecule has 0 spiro atoms. The van der Waals surface area contributed by atoms with Crippen LogP contribution in [0.25, 0.3) is 11.0 Å². The summed E-state index contributed by atoms with van der Waals surface area (Å²) in [6.45, 7) is 4.03. The van der Waals surface area contributed by atoms with E-state index in [2.05, 4.69) is 21.6 Å². The zero-order valence-electron chi connectivity index (χ0n) is 24.1. The van der Waals surface area contributed by atoms with E-state index in [1.807, 2.05) is 36.4 Å². The molecule has 9 heteroatoms. The molecule has 2 aromatic heterocycles. The Morgan fingerprint density at radius 2 is 1.93 bits per heavy atom. The number of fused-ring (bicyclic) bond motifs is 2. The number of imidazole rings is 1. The molecule has 3 aliphatic rings. The molecule has 220 valence electrons. The number of ether oxygens (including phenoxy) is 2. The second-order valence-corrected chi connectivity index (χ2v) is 11.9. The molecule has 4 aromatic rings. The summed E-state index contributed by atoms with van der Waals surface area (Å²) in [6, 6.07) is 19.4. The Morgan fingerprint density at radius 3 is 2.70 bits per heavy atom. The molecule has 1 aliphatic carbocycles. The van der Waals surface area contributed by atoms with Crippen LogP contribution in [-0.2, 0) is 24.2 Å². The second kappa shape index (κ2) is 11.8. The normalized spacial score (nSPS) is 20.7. The number of aromatic carboxylic acids is 1. The minimum atomic E-state index is -0.931. The molecule has 0 bridgehead atoms. The van der Waals surface area contributed by atoms with Gasteiger partial charge in [-0.05, 0) is 99.1 Å². The van der Waals surface area contributed by atoms with Crippen molar-refractivity contribution >= 4 is 17.0 Å². The van der Waals surface area contributed by atoms with Crippen molar-refractivity contribution in [2.45, 2.75) is 69.7 Å². The van der Waals surface area contributed by atoms with E-state index in [-0.39, 0.29) is 17.8 Å². The smallest absolute Gasteiger partial charge is 0.335 e. The monoisotopic (exact) mass is 577 g/mol. The van der Waals surface area contributed by atoms with Crippen LogP contribution in [0.15, 0.2) is 54.6 Å². The van der Waals surface area contributed by atoms with Crippen LogP contribution >= 0.6 is 0 Å². The molecule has 2 saturated heterocycles. The number of nitriles is 1. The zero-order chi connectivity index (χ0) is 29.3.